The molecule has 2 atom stereocenters. The maximum Gasteiger partial charge on any atom is 0.249 e. The van der Waals surface area contributed by atoms with Gasteiger partial charge in [0.1, 0.15) is 6.61 Å². The van der Waals surface area contributed by atoms with E-state index in [1.54, 1.807) is 13.1 Å². The van der Waals surface area contributed by atoms with E-state index in [1.807, 2.05) is 28.0 Å². The van der Waals surface area contributed by atoms with E-state index in [0.29, 0.717) is 12.6 Å². The summed E-state index contributed by atoms with van der Waals surface area (Å²) >= 11 is 0. The molecule has 7 heteroatoms. The molecule has 0 aliphatic carbocycles. The molecule has 0 N–H and O–H groups in total. The molecule has 0 spiro atoms. The van der Waals surface area contributed by atoms with Crippen molar-refractivity contribution in [2.45, 2.75) is 44.5 Å². The molecule has 3 aliphatic heterocycles. The third-order valence-corrected chi connectivity index (χ3v) is 5.89. The van der Waals surface area contributed by atoms with Crippen LogP contribution in [0.5, 0.6) is 0 Å². The number of hydrogen-bond donors (Lipinski definition) is 0. The van der Waals surface area contributed by atoms with Gasteiger partial charge in [0.2, 0.25) is 11.8 Å². The molecule has 140 valence electrons. The zero-order valence-electron chi connectivity index (χ0n) is 15.2. The molecule has 1 aromatic rings. The lowest BCUT2D eigenvalue weighted by Gasteiger charge is -2.37. The molecule has 1 aromatic heterocycles. The van der Waals surface area contributed by atoms with Gasteiger partial charge in [-0.05, 0) is 25.0 Å². The summed E-state index contributed by atoms with van der Waals surface area (Å²) in [4.78, 5) is 34.7. The summed E-state index contributed by atoms with van der Waals surface area (Å²) in [5, 5.41) is 0. The van der Waals surface area contributed by atoms with Crippen LogP contribution in [0.4, 0.5) is 0 Å². The Morgan fingerprint density at radius 3 is 2.77 bits per heavy atom. The fourth-order valence-electron chi connectivity index (χ4n) is 4.41. The van der Waals surface area contributed by atoms with Gasteiger partial charge >= 0.3 is 0 Å². The Labute approximate surface area is 153 Å². The van der Waals surface area contributed by atoms with Crippen molar-refractivity contribution in [3.8, 4) is 0 Å². The molecule has 7 nitrogen and oxygen atoms in total. The van der Waals surface area contributed by atoms with Crippen molar-refractivity contribution in [1.82, 2.24) is 19.7 Å². The fraction of sp³-hybridized carbons (Fsp3) is 0.632. The average Bonchev–Trinajstić information content (AvgIpc) is 3.10. The number of amides is 2. The number of aromatic nitrogens is 1. The Balaban J connectivity index is 1.41. The van der Waals surface area contributed by atoms with Crippen molar-refractivity contribution in [3.05, 3.63) is 30.1 Å². The zero-order chi connectivity index (χ0) is 18.1. The predicted molar refractivity (Wildman–Crippen MR) is 95.2 cm³/mol. The molecule has 4 heterocycles. The van der Waals surface area contributed by atoms with Gasteiger partial charge < -0.3 is 14.5 Å². The minimum atomic E-state index is 0.0464. The van der Waals surface area contributed by atoms with Crippen molar-refractivity contribution in [3.63, 3.8) is 0 Å². The second-order valence-electron chi connectivity index (χ2n) is 7.45. The Morgan fingerprint density at radius 1 is 1.27 bits per heavy atom. The molecule has 2 amide bonds. The van der Waals surface area contributed by atoms with Crippen molar-refractivity contribution < 1.29 is 14.3 Å². The summed E-state index contributed by atoms with van der Waals surface area (Å²) in [6.07, 6.45) is 3.82. The molecular formula is C19H26N4O3. The summed E-state index contributed by atoms with van der Waals surface area (Å²) in [6, 6.07) is 6.35. The van der Waals surface area contributed by atoms with Crippen LogP contribution in [0, 0.1) is 0 Å². The van der Waals surface area contributed by atoms with Crippen molar-refractivity contribution in [1.29, 1.82) is 0 Å². The first kappa shape index (κ1) is 17.4. The van der Waals surface area contributed by atoms with Crippen LogP contribution in [-0.2, 0) is 20.9 Å². The number of ether oxygens (including phenoxy) is 1. The highest BCUT2D eigenvalue weighted by Crippen LogP contribution is 2.29. The third kappa shape index (κ3) is 3.46. The molecule has 0 saturated carbocycles. The number of carbonyl (C=O) groups excluding carboxylic acids is 2. The van der Waals surface area contributed by atoms with Crippen molar-refractivity contribution in [2.24, 2.45) is 0 Å². The van der Waals surface area contributed by atoms with Gasteiger partial charge in [0.15, 0.2) is 0 Å². The Hall–Kier alpha value is -1.99. The SMILES string of the molecule is CC(=O)N1CCC(N2C[C@@H]3OCC(=O)N(Cc4ccccn4)[C@@H]3C2)CC1. The van der Waals surface area contributed by atoms with Crippen LogP contribution in [0.3, 0.4) is 0 Å². The largest absolute Gasteiger partial charge is 0.365 e. The quantitative estimate of drug-likeness (QED) is 0.787. The number of pyridine rings is 1. The van der Waals surface area contributed by atoms with Gasteiger partial charge in [-0.25, -0.2) is 0 Å². The van der Waals surface area contributed by atoms with Gasteiger partial charge in [-0.1, -0.05) is 6.07 Å². The lowest BCUT2D eigenvalue weighted by atomic mass is 10.0. The van der Waals surface area contributed by atoms with E-state index < -0.39 is 0 Å². The van der Waals surface area contributed by atoms with Crippen LogP contribution in [-0.4, -0.2) is 82.5 Å². The van der Waals surface area contributed by atoms with E-state index in [1.165, 1.54) is 0 Å². The molecule has 3 saturated heterocycles. The smallest absolute Gasteiger partial charge is 0.249 e. The molecular weight excluding hydrogens is 332 g/mol. The molecule has 0 radical (unpaired) electrons. The molecule has 3 fully saturated rings. The van der Waals surface area contributed by atoms with Crippen molar-refractivity contribution >= 4 is 11.8 Å². The number of likely N-dealkylation sites (tertiary alicyclic amines) is 2. The normalized spacial score (nSPS) is 27.7. The molecule has 0 aromatic carbocycles. The maximum absolute atomic E-state index is 12.5. The molecule has 0 unspecified atom stereocenters. The Kier molecular flexibility index (Phi) is 4.91. The summed E-state index contributed by atoms with van der Waals surface area (Å²) in [7, 11) is 0. The lowest BCUT2D eigenvalue weighted by molar-refractivity contribution is -0.154. The first-order valence-corrected chi connectivity index (χ1v) is 9.42. The van der Waals surface area contributed by atoms with Crippen LogP contribution < -0.4 is 0 Å². The number of carbonyl (C=O) groups is 2. The Morgan fingerprint density at radius 2 is 2.08 bits per heavy atom. The number of hydrogen-bond acceptors (Lipinski definition) is 5. The van der Waals surface area contributed by atoms with Gasteiger partial charge in [0.05, 0.1) is 24.4 Å². The zero-order valence-corrected chi connectivity index (χ0v) is 15.2. The van der Waals surface area contributed by atoms with Crippen LogP contribution >= 0.6 is 0 Å². The number of fused-ring (bicyclic) bond motifs is 1. The highest BCUT2D eigenvalue weighted by atomic mass is 16.5. The van der Waals surface area contributed by atoms with E-state index in [2.05, 4.69) is 9.88 Å². The Bertz CT molecular complexity index is 660. The van der Waals surface area contributed by atoms with E-state index in [9.17, 15) is 9.59 Å². The maximum atomic E-state index is 12.5. The number of morpholine rings is 1. The van der Waals surface area contributed by atoms with Crippen molar-refractivity contribution in [2.75, 3.05) is 32.8 Å². The molecule has 0 bridgehead atoms. The minimum absolute atomic E-state index is 0.0464. The fourth-order valence-corrected chi connectivity index (χ4v) is 4.41. The highest BCUT2D eigenvalue weighted by molar-refractivity contribution is 5.78. The van der Waals surface area contributed by atoms with E-state index in [-0.39, 0.29) is 30.6 Å². The standard InChI is InChI=1S/C19H26N4O3/c1-14(24)21-8-5-16(6-9-21)22-11-17-18(12-22)26-13-19(25)23(17)10-15-4-2-3-7-20-15/h2-4,7,16-18H,5-6,8-13H2,1H3/t17-,18+/m1/s1. The third-order valence-electron chi connectivity index (χ3n) is 5.89. The minimum Gasteiger partial charge on any atom is -0.365 e. The topological polar surface area (TPSA) is 66.0 Å². The van der Waals surface area contributed by atoms with E-state index in [0.717, 1.165) is 44.7 Å². The summed E-state index contributed by atoms with van der Waals surface area (Å²) in [6.45, 7) is 5.69. The molecule has 4 rings (SSSR count). The summed E-state index contributed by atoms with van der Waals surface area (Å²) in [5.74, 6) is 0.208. The van der Waals surface area contributed by atoms with Gasteiger partial charge in [-0.2, -0.15) is 0 Å². The second kappa shape index (κ2) is 7.32. The van der Waals surface area contributed by atoms with Gasteiger partial charge in [-0.15, -0.1) is 0 Å². The first-order valence-electron chi connectivity index (χ1n) is 9.42. The summed E-state index contributed by atoms with van der Waals surface area (Å²) < 4.78 is 5.84. The van der Waals surface area contributed by atoms with Crippen LogP contribution in [0.2, 0.25) is 0 Å². The van der Waals surface area contributed by atoms with Gasteiger partial charge in [0.25, 0.3) is 0 Å². The van der Waals surface area contributed by atoms with Gasteiger partial charge in [0, 0.05) is 45.3 Å². The lowest BCUT2D eigenvalue weighted by Crippen LogP contribution is -2.53. The van der Waals surface area contributed by atoms with E-state index >= 15 is 0 Å². The molecule has 26 heavy (non-hydrogen) atoms. The number of piperidine rings is 1. The molecule has 3 aliphatic rings. The number of nitrogens with zero attached hydrogens (tertiary/aromatic N) is 4. The van der Waals surface area contributed by atoms with E-state index in [4.69, 9.17) is 4.74 Å². The van der Waals surface area contributed by atoms with Gasteiger partial charge in [-0.3, -0.25) is 19.5 Å². The first-order chi connectivity index (χ1) is 12.6. The van der Waals surface area contributed by atoms with Crippen LogP contribution in [0.25, 0.3) is 0 Å². The van der Waals surface area contributed by atoms with Crippen LogP contribution in [0.15, 0.2) is 24.4 Å². The summed E-state index contributed by atoms with van der Waals surface area (Å²) in [5.41, 5.74) is 0.912. The average molecular weight is 358 g/mol. The second-order valence-corrected chi connectivity index (χ2v) is 7.45. The highest BCUT2D eigenvalue weighted by Gasteiger charge is 2.45. The van der Waals surface area contributed by atoms with Crippen LogP contribution in [0.1, 0.15) is 25.5 Å². The monoisotopic (exact) mass is 358 g/mol. The number of rotatable bonds is 3. The predicted octanol–water partition coefficient (Wildman–Crippen LogP) is 0.504.